The van der Waals surface area contributed by atoms with E-state index >= 15 is 0 Å². The molecule has 18 heavy (non-hydrogen) atoms. The lowest BCUT2D eigenvalue weighted by Crippen LogP contribution is -2.48. The van der Waals surface area contributed by atoms with Crippen molar-refractivity contribution in [3.8, 4) is 0 Å². The van der Waals surface area contributed by atoms with Crippen molar-refractivity contribution in [3.63, 3.8) is 0 Å². The molecule has 0 bridgehead atoms. The van der Waals surface area contributed by atoms with Gasteiger partial charge in [-0.1, -0.05) is 0 Å². The highest BCUT2D eigenvalue weighted by atomic mass is 16.3. The predicted molar refractivity (Wildman–Crippen MR) is 68.9 cm³/mol. The largest absolute Gasteiger partial charge is 0.396 e. The zero-order valence-corrected chi connectivity index (χ0v) is 10.8. The van der Waals surface area contributed by atoms with Crippen LogP contribution in [-0.2, 0) is 6.54 Å². The van der Waals surface area contributed by atoms with Crippen molar-refractivity contribution >= 4 is 5.69 Å². The van der Waals surface area contributed by atoms with E-state index in [0.717, 1.165) is 19.4 Å². The molecule has 2 heterocycles. The number of β-amino-alcohol motifs (C(OH)–C–C–N with tert-alkyl or cyclic N) is 2. The lowest BCUT2D eigenvalue weighted by Gasteiger charge is -2.37. The molecule has 0 aliphatic carbocycles. The van der Waals surface area contributed by atoms with Crippen LogP contribution in [0.5, 0.6) is 0 Å². The lowest BCUT2D eigenvalue weighted by molar-refractivity contribution is -0.0296. The number of aliphatic hydroxyl groups excluding tert-OH is 1. The fraction of sp³-hybridized carbons (Fsp3) is 0.750. The fourth-order valence-electron chi connectivity index (χ4n) is 2.53. The smallest absolute Gasteiger partial charge is 0.0862 e. The lowest BCUT2D eigenvalue weighted by atomic mass is 9.95. The van der Waals surface area contributed by atoms with Crippen molar-refractivity contribution in [2.45, 2.75) is 38.0 Å². The van der Waals surface area contributed by atoms with Crippen LogP contribution in [0.15, 0.2) is 12.4 Å². The van der Waals surface area contributed by atoms with Crippen molar-refractivity contribution < 1.29 is 10.2 Å². The summed E-state index contributed by atoms with van der Waals surface area (Å²) in [6.45, 7) is 4.37. The number of nitrogens with two attached hydrogens (primary N) is 1. The van der Waals surface area contributed by atoms with E-state index in [1.807, 2.05) is 6.92 Å². The third-order valence-electron chi connectivity index (χ3n) is 3.27. The van der Waals surface area contributed by atoms with E-state index in [9.17, 15) is 10.2 Å². The Bertz CT molecular complexity index is 391. The summed E-state index contributed by atoms with van der Waals surface area (Å²) in [7, 11) is 0. The van der Waals surface area contributed by atoms with Gasteiger partial charge >= 0.3 is 0 Å². The Balaban J connectivity index is 1.82. The van der Waals surface area contributed by atoms with Crippen LogP contribution < -0.4 is 5.73 Å². The number of aromatic nitrogens is 2. The Morgan fingerprint density at radius 1 is 1.56 bits per heavy atom. The highest BCUT2D eigenvalue weighted by Gasteiger charge is 2.29. The van der Waals surface area contributed by atoms with Crippen molar-refractivity contribution in [3.05, 3.63) is 12.4 Å². The molecular formula is C12H22N4O2. The summed E-state index contributed by atoms with van der Waals surface area (Å²) in [6, 6.07) is 0. The van der Waals surface area contributed by atoms with Gasteiger partial charge in [0.25, 0.3) is 0 Å². The zero-order valence-electron chi connectivity index (χ0n) is 10.8. The summed E-state index contributed by atoms with van der Waals surface area (Å²) in [5.74, 6) is 0. The van der Waals surface area contributed by atoms with Crippen LogP contribution in [0.1, 0.15) is 19.8 Å². The Morgan fingerprint density at radius 2 is 2.33 bits per heavy atom. The second-order valence-corrected chi connectivity index (χ2v) is 5.49. The summed E-state index contributed by atoms with van der Waals surface area (Å²) in [5, 5.41) is 24.0. The molecule has 2 unspecified atom stereocenters. The molecule has 1 aliphatic rings. The number of aliphatic hydroxyl groups is 2. The first kappa shape index (κ1) is 13.3. The first-order chi connectivity index (χ1) is 8.44. The Hall–Kier alpha value is -1.11. The van der Waals surface area contributed by atoms with Gasteiger partial charge in [0.15, 0.2) is 0 Å². The van der Waals surface area contributed by atoms with Crippen molar-refractivity contribution in [2.24, 2.45) is 0 Å². The molecule has 1 aromatic heterocycles. The summed E-state index contributed by atoms with van der Waals surface area (Å²) in [6.07, 6.45) is 4.57. The molecule has 2 atom stereocenters. The fourth-order valence-corrected chi connectivity index (χ4v) is 2.53. The van der Waals surface area contributed by atoms with E-state index in [-0.39, 0.29) is 0 Å². The number of piperidine rings is 1. The van der Waals surface area contributed by atoms with Crippen molar-refractivity contribution in [1.82, 2.24) is 14.7 Å². The van der Waals surface area contributed by atoms with Gasteiger partial charge in [-0.05, 0) is 26.3 Å². The standard InChI is InChI=1S/C12H22N4O2/c1-12(18)3-2-4-15(9-12)7-11(17)8-16-6-10(13)5-14-16/h5-6,11,17-18H,2-4,7-9,13H2,1H3. The van der Waals surface area contributed by atoms with Crippen molar-refractivity contribution in [2.75, 3.05) is 25.4 Å². The minimum absolute atomic E-state index is 0.426. The molecule has 0 aromatic carbocycles. The van der Waals surface area contributed by atoms with Crippen LogP contribution in [0, 0.1) is 0 Å². The topological polar surface area (TPSA) is 87.5 Å². The monoisotopic (exact) mass is 254 g/mol. The molecule has 0 amide bonds. The van der Waals surface area contributed by atoms with Crippen LogP contribution in [0.2, 0.25) is 0 Å². The molecule has 1 aliphatic heterocycles. The van der Waals surface area contributed by atoms with Gasteiger partial charge in [0.1, 0.15) is 0 Å². The number of hydrogen-bond donors (Lipinski definition) is 3. The van der Waals surface area contributed by atoms with Gasteiger partial charge in [-0.25, -0.2) is 0 Å². The van der Waals surface area contributed by atoms with Crippen molar-refractivity contribution in [1.29, 1.82) is 0 Å². The minimum atomic E-state index is -0.631. The Labute approximate surface area is 107 Å². The van der Waals surface area contributed by atoms with E-state index in [1.54, 1.807) is 17.1 Å². The number of anilines is 1. The number of rotatable bonds is 4. The maximum absolute atomic E-state index is 10.0. The van der Waals surface area contributed by atoms with Gasteiger partial charge in [-0.2, -0.15) is 5.10 Å². The molecular weight excluding hydrogens is 232 g/mol. The number of hydrogen-bond acceptors (Lipinski definition) is 5. The van der Waals surface area contributed by atoms with Gasteiger partial charge < -0.3 is 15.9 Å². The van der Waals surface area contributed by atoms with Crippen LogP contribution >= 0.6 is 0 Å². The highest BCUT2D eigenvalue weighted by molar-refractivity contribution is 5.30. The summed E-state index contributed by atoms with van der Waals surface area (Å²) in [5.41, 5.74) is 5.53. The quantitative estimate of drug-likeness (QED) is 0.685. The Morgan fingerprint density at radius 3 is 2.94 bits per heavy atom. The molecule has 1 fully saturated rings. The molecule has 6 heteroatoms. The molecule has 6 nitrogen and oxygen atoms in total. The molecule has 102 valence electrons. The summed E-state index contributed by atoms with van der Waals surface area (Å²) < 4.78 is 1.64. The van der Waals surface area contributed by atoms with Gasteiger partial charge in [0.05, 0.1) is 30.1 Å². The SMILES string of the molecule is CC1(O)CCCN(CC(O)Cn2cc(N)cn2)C1. The summed E-state index contributed by atoms with van der Waals surface area (Å²) >= 11 is 0. The highest BCUT2D eigenvalue weighted by Crippen LogP contribution is 2.20. The molecule has 4 N–H and O–H groups in total. The van der Waals surface area contributed by atoms with Gasteiger partial charge in [0, 0.05) is 19.3 Å². The third kappa shape index (κ3) is 3.69. The molecule has 0 spiro atoms. The van der Waals surface area contributed by atoms with E-state index in [0.29, 0.717) is 25.3 Å². The average molecular weight is 254 g/mol. The van der Waals surface area contributed by atoms with Crippen LogP contribution in [0.25, 0.3) is 0 Å². The number of likely N-dealkylation sites (tertiary alicyclic amines) is 1. The third-order valence-corrected chi connectivity index (χ3v) is 3.27. The number of nitrogens with zero attached hydrogens (tertiary/aromatic N) is 3. The molecule has 2 rings (SSSR count). The van der Waals surface area contributed by atoms with Gasteiger partial charge in [0.2, 0.25) is 0 Å². The van der Waals surface area contributed by atoms with Gasteiger partial charge in [-0.3, -0.25) is 9.58 Å². The molecule has 0 radical (unpaired) electrons. The first-order valence-electron chi connectivity index (χ1n) is 6.35. The maximum Gasteiger partial charge on any atom is 0.0862 e. The van der Waals surface area contributed by atoms with Crippen LogP contribution in [0.3, 0.4) is 0 Å². The first-order valence-corrected chi connectivity index (χ1v) is 6.35. The molecule has 0 saturated carbocycles. The second-order valence-electron chi connectivity index (χ2n) is 5.49. The van der Waals surface area contributed by atoms with E-state index < -0.39 is 11.7 Å². The van der Waals surface area contributed by atoms with E-state index in [1.165, 1.54) is 0 Å². The summed E-state index contributed by atoms with van der Waals surface area (Å²) in [4.78, 5) is 2.10. The normalized spacial score (nSPS) is 27.3. The minimum Gasteiger partial charge on any atom is -0.396 e. The second kappa shape index (κ2) is 5.26. The number of nitrogen functional groups attached to an aromatic ring is 1. The Kier molecular flexibility index (Phi) is 3.89. The van der Waals surface area contributed by atoms with E-state index in [2.05, 4.69) is 10.00 Å². The van der Waals surface area contributed by atoms with Gasteiger partial charge in [-0.15, -0.1) is 0 Å². The average Bonchev–Trinajstić information content (AvgIpc) is 2.62. The molecule has 1 saturated heterocycles. The predicted octanol–water partition coefficient (Wildman–Crippen LogP) is -0.327. The zero-order chi connectivity index (χ0) is 13.2. The molecule has 1 aromatic rings. The van der Waals surface area contributed by atoms with E-state index in [4.69, 9.17) is 5.73 Å². The van der Waals surface area contributed by atoms with Crippen LogP contribution in [0.4, 0.5) is 5.69 Å². The maximum atomic E-state index is 10.0. The van der Waals surface area contributed by atoms with Crippen LogP contribution in [-0.4, -0.2) is 56.2 Å².